The molecule has 26 heavy (non-hydrogen) atoms. The Balaban J connectivity index is 1.41. The molecule has 0 spiro atoms. The molecule has 1 aliphatic heterocycles. The number of aromatic nitrogens is 2. The number of anilines is 1. The average molecular weight is 372 g/mol. The number of rotatable bonds is 4. The zero-order valence-electron chi connectivity index (χ0n) is 15.9. The van der Waals surface area contributed by atoms with Gasteiger partial charge in [0.05, 0.1) is 17.7 Å². The summed E-state index contributed by atoms with van der Waals surface area (Å²) in [6.45, 7) is 4.40. The van der Waals surface area contributed by atoms with Gasteiger partial charge in [0.1, 0.15) is 12.1 Å². The number of hydrogen-bond donors (Lipinski definition) is 0. The molecule has 2 heterocycles. The molecule has 4 nitrogen and oxygen atoms in total. The lowest BCUT2D eigenvalue weighted by Gasteiger charge is -2.36. The van der Waals surface area contributed by atoms with Gasteiger partial charge in [-0.15, -0.1) is 11.8 Å². The fourth-order valence-electron chi connectivity index (χ4n) is 4.24. The van der Waals surface area contributed by atoms with Crippen LogP contribution in [-0.4, -0.2) is 41.5 Å². The van der Waals surface area contributed by atoms with Gasteiger partial charge in [-0.25, -0.2) is 9.97 Å². The normalized spacial score (nSPS) is 24.9. The molecule has 5 heteroatoms. The quantitative estimate of drug-likeness (QED) is 0.714. The molecule has 1 saturated heterocycles. The fraction of sp³-hybridized carbons (Fsp3) is 0.619. The van der Waals surface area contributed by atoms with E-state index in [4.69, 9.17) is 4.74 Å². The first-order chi connectivity index (χ1) is 12.7. The van der Waals surface area contributed by atoms with Crippen molar-refractivity contribution in [3.8, 4) is 0 Å². The van der Waals surface area contributed by atoms with Gasteiger partial charge in [-0.05, 0) is 68.9 Å². The van der Waals surface area contributed by atoms with E-state index < -0.39 is 0 Å². The zero-order valence-corrected chi connectivity index (χ0v) is 16.7. The first-order valence-electron chi connectivity index (χ1n) is 9.92. The fourth-order valence-corrected chi connectivity index (χ4v) is 4.68. The SMILES string of the molecule is CSc1ccc2ncnc(N3CCC(OC4CCC(C)CC4)CC3)c2c1. The smallest absolute Gasteiger partial charge is 0.139 e. The summed E-state index contributed by atoms with van der Waals surface area (Å²) in [7, 11) is 0. The Bertz CT molecular complexity index is 737. The standard InChI is InChI=1S/C21H29N3OS/c1-15-3-5-16(6-4-15)25-17-9-11-24(12-10-17)21-19-13-18(26-2)7-8-20(19)22-14-23-21/h7-8,13-17H,3-6,9-12H2,1-2H3. The molecule has 0 atom stereocenters. The Kier molecular flexibility index (Phi) is 5.65. The molecule has 0 amide bonds. The van der Waals surface area contributed by atoms with Crippen molar-refractivity contribution in [3.05, 3.63) is 24.5 Å². The monoisotopic (exact) mass is 371 g/mol. The van der Waals surface area contributed by atoms with E-state index in [1.165, 1.54) is 36.0 Å². The third kappa shape index (κ3) is 3.99. The van der Waals surface area contributed by atoms with Crippen LogP contribution >= 0.6 is 11.8 Å². The molecule has 1 saturated carbocycles. The van der Waals surface area contributed by atoms with E-state index in [9.17, 15) is 0 Å². The second kappa shape index (κ2) is 8.13. The van der Waals surface area contributed by atoms with Crippen LogP contribution in [0.3, 0.4) is 0 Å². The lowest BCUT2D eigenvalue weighted by molar-refractivity contribution is -0.0447. The number of nitrogens with zero attached hydrogens (tertiary/aromatic N) is 3. The van der Waals surface area contributed by atoms with Crippen molar-refractivity contribution in [2.24, 2.45) is 5.92 Å². The van der Waals surface area contributed by atoms with E-state index in [1.54, 1.807) is 18.1 Å². The molecule has 2 aliphatic rings. The largest absolute Gasteiger partial charge is 0.375 e. The number of hydrogen-bond acceptors (Lipinski definition) is 5. The second-order valence-electron chi connectivity index (χ2n) is 7.78. The number of piperidine rings is 1. The van der Waals surface area contributed by atoms with Gasteiger partial charge in [-0.3, -0.25) is 0 Å². The molecule has 1 aromatic heterocycles. The van der Waals surface area contributed by atoms with Crippen molar-refractivity contribution in [3.63, 3.8) is 0 Å². The molecule has 2 aromatic rings. The van der Waals surface area contributed by atoms with Crippen molar-refractivity contribution < 1.29 is 4.74 Å². The molecule has 0 N–H and O–H groups in total. The highest BCUT2D eigenvalue weighted by Crippen LogP contribution is 2.31. The zero-order chi connectivity index (χ0) is 17.9. The second-order valence-corrected chi connectivity index (χ2v) is 8.66. The van der Waals surface area contributed by atoms with Gasteiger partial charge in [0, 0.05) is 23.4 Å². The van der Waals surface area contributed by atoms with Crippen molar-refractivity contribution >= 4 is 28.5 Å². The minimum Gasteiger partial charge on any atom is -0.375 e. The number of benzene rings is 1. The Morgan fingerprint density at radius 3 is 2.46 bits per heavy atom. The topological polar surface area (TPSA) is 38.2 Å². The predicted octanol–water partition coefficient (Wildman–Crippen LogP) is 4.92. The lowest BCUT2D eigenvalue weighted by atomic mass is 9.88. The summed E-state index contributed by atoms with van der Waals surface area (Å²) < 4.78 is 6.43. The van der Waals surface area contributed by atoms with E-state index in [0.29, 0.717) is 12.2 Å². The Hall–Kier alpha value is -1.33. The van der Waals surface area contributed by atoms with E-state index >= 15 is 0 Å². The molecule has 140 valence electrons. The van der Waals surface area contributed by atoms with E-state index in [2.05, 4.69) is 46.2 Å². The van der Waals surface area contributed by atoms with Gasteiger partial charge in [0.25, 0.3) is 0 Å². The first-order valence-corrected chi connectivity index (χ1v) is 11.1. The summed E-state index contributed by atoms with van der Waals surface area (Å²) in [6.07, 6.45) is 12.1. The summed E-state index contributed by atoms with van der Waals surface area (Å²) in [4.78, 5) is 12.7. The highest BCUT2D eigenvalue weighted by atomic mass is 32.2. The summed E-state index contributed by atoms with van der Waals surface area (Å²) in [5.41, 5.74) is 1.03. The number of fused-ring (bicyclic) bond motifs is 1. The Labute approximate surface area is 160 Å². The summed E-state index contributed by atoms with van der Waals surface area (Å²) >= 11 is 1.76. The predicted molar refractivity (Wildman–Crippen MR) is 109 cm³/mol. The van der Waals surface area contributed by atoms with E-state index in [1.807, 2.05) is 0 Å². The van der Waals surface area contributed by atoms with E-state index in [-0.39, 0.29) is 0 Å². The van der Waals surface area contributed by atoms with Crippen molar-refractivity contribution in [2.45, 2.75) is 62.6 Å². The van der Waals surface area contributed by atoms with Gasteiger partial charge in [-0.2, -0.15) is 0 Å². The first kappa shape index (κ1) is 18.1. The summed E-state index contributed by atoms with van der Waals surface area (Å²) in [5, 5.41) is 1.17. The van der Waals surface area contributed by atoms with Gasteiger partial charge in [-0.1, -0.05) is 6.92 Å². The highest BCUT2D eigenvalue weighted by Gasteiger charge is 2.26. The molecular formula is C21H29N3OS. The maximum Gasteiger partial charge on any atom is 0.139 e. The summed E-state index contributed by atoms with van der Waals surface area (Å²) in [5.74, 6) is 1.96. The van der Waals surface area contributed by atoms with Crippen LogP contribution in [0, 0.1) is 5.92 Å². The molecule has 0 radical (unpaired) electrons. The van der Waals surface area contributed by atoms with Crippen LogP contribution in [0.15, 0.2) is 29.4 Å². The third-order valence-electron chi connectivity index (χ3n) is 5.91. The maximum absolute atomic E-state index is 6.43. The lowest BCUT2D eigenvalue weighted by Crippen LogP contribution is -2.39. The minimum atomic E-state index is 0.416. The number of ether oxygens (including phenoxy) is 1. The van der Waals surface area contributed by atoms with Crippen LogP contribution in [0.2, 0.25) is 0 Å². The van der Waals surface area contributed by atoms with Crippen LogP contribution in [0.5, 0.6) is 0 Å². The average Bonchev–Trinajstić information content (AvgIpc) is 2.69. The van der Waals surface area contributed by atoms with Gasteiger partial charge in [0.15, 0.2) is 0 Å². The molecule has 0 bridgehead atoms. The highest BCUT2D eigenvalue weighted by molar-refractivity contribution is 7.98. The van der Waals surface area contributed by atoms with Crippen LogP contribution < -0.4 is 4.90 Å². The summed E-state index contributed by atoms with van der Waals surface area (Å²) in [6, 6.07) is 6.46. The van der Waals surface area contributed by atoms with Crippen molar-refractivity contribution in [1.29, 1.82) is 0 Å². The molecule has 1 aromatic carbocycles. The van der Waals surface area contributed by atoms with Crippen LogP contribution in [0.25, 0.3) is 10.9 Å². The van der Waals surface area contributed by atoms with E-state index in [0.717, 1.165) is 43.2 Å². The molecular weight excluding hydrogens is 342 g/mol. The number of thioether (sulfide) groups is 1. The van der Waals surface area contributed by atoms with Gasteiger partial charge < -0.3 is 9.64 Å². The van der Waals surface area contributed by atoms with Gasteiger partial charge in [0.2, 0.25) is 0 Å². The maximum atomic E-state index is 6.43. The van der Waals surface area contributed by atoms with Crippen molar-refractivity contribution in [1.82, 2.24) is 9.97 Å². The van der Waals surface area contributed by atoms with Crippen LogP contribution in [0.4, 0.5) is 5.82 Å². The molecule has 4 rings (SSSR count). The minimum absolute atomic E-state index is 0.416. The van der Waals surface area contributed by atoms with Crippen LogP contribution in [-0.2, 0) is 4.74 Å². The molecule has 0 unspecified atom stereocenters. The Morgan fingerprint density at radius 1 is 1.00 bits per heavy atom. The Morgan fingerprint density at radius 2 is 1.73 bits per heavy atom. The van der Waals surface area contributed by atoms with Gasteiger partial charge >= 0.3 is 0 Å². The molecule has 2 fully saturated rings. The van der Waals surface area contributed by atoms with Crippen LogP contribution in [0.1, 0.15) is 45.4 Å². The van der Waals surface area contributed by atoms with Crippen molar-refractivity contribution in [2.75, 3.05) is 24.2 Å². The molecule has 1 aliphatic carbocycles. The third-order valence-corrected chi connectivity index (χ3v) is 6.64.